The number of benzene rings is 1. The molecule has 0 radical (unpaired) electrons. The van der Waals surface area contributed by atoms with Crippen molar-refractivity contribution in [2.24, 2.45) is 11.8 Å². The number of ether oxygens (including phenoxy) is 1. The van der Waals surface area contributed by atoms with Crippen LogP contribution >= 0.6 is 12.4 Å². The van der Waals surface area contributed by atoms with Crippen molar-refractivity contribution >= 4 is 29.3 Å². The molecule has 5 atom stereocenters. The molecule has 1 aromatic carbocycles. The molecule has 2 unspecified atom stereocenters. The number of hydrogen-bond acceptors (Lipinski definition) is 3. The Balaban J connectivity index is 0.00000168. The fraction of sp³-hybridized carbons (Fsp3) is 0.571. The monoisotopic (exact) mass is 374 g/mol. The van der Waals surface area contributed by atoms with Crippen LogP contribution in [0.25, 0.3) is 10.9 Å². The van der Waals surface area contributed by atoms with Gasteiger partial charge in [-0.15, -0.1) is 12.4 Å². The van der Waals surface area contributed by atoms with E-state index in [0.29, 0.717) is 11.8 Å². The van der Waals surface area contributed by atoms with E-state index >= 15 is 0 Å². The fourth-order valence-corrected chi connectivity index (χ4v) is 6.27. The molecule has 5 heteroatoms. The van der Waals surface area contributed by atoms with Gasteiger partial charge in [0.2, 0.25) is 0 Å². The molecule has 4 nitrogen and oxygen atoms in total. The second-order valence-electron chi connectivity index (χ2n) is 8.15. The van der Waals surface area contributed by atoms with E-state index in [2.05, 4.69) is 41.1 Å². The molecule has 1 saturated carbocycles. The first-order valence-electron chi connectivity index (χ1n) is 9.61. The number of H-pyrrole nitrogens is 1. The van der Waals surface area contributed by atoms with Crippen molar-refractivity contribution < 1.29 is 9.53 Å². The SMILES string of the molecule is CC[C@H]1C[C@H]2CN3CCc4c([nH]c5ccccc45)C(C(=O)OC)(C2)[C@H]13.Cl. The van der Waals surface area contributed by atoms with Crippen LogP contribution in [0.4, 0.5) is 0 Å². The zero-order valence-corrected chi connectivity index (χ0v) is 16.3. The number of nitrogens with one attached hydrogen (secondary N) is 1. The molecule has 4 aliphatic rings. The van der Waals surface area contributed by atoms with Gasteiger partial charge < -0.3 is 9.72 Å². The first-order chi connectivity index (χ1) is 12.2. The minimum atomic E-state index is -0.526. The number of aromatic amines is 1. The number of piperidine rings is 2. The Morgan fingerprint density at radius 3 is 2.96 bits per heavy atom. The number of halogens is 1. The average Bonchev–Trinajstić information content (AvgIpc) is 3.00. The van der Waals surface area contributed by atoms with E-state index in [1.807, 2.05) is 0 Å². The van der Waals surface area contributed by atoms with E-state index in [1.165, 1.54) is 17.4 Å². The van der Waals surface area contributed by atoms with Crippen molar-refractivity contribution in [3.63, 3.8) is 0 Å². The highest BCUT2D eigenvalue weighted by Crippen LogP contribution is 2.55. The second-order valence-corrected chi connectivity index (χ2v) is 8.15. The minimum absolute atomic E-state index is 0. The Labute approximate surface area is 160 Å². The normalized spacial score (nSPS) is 34.7. The zero-order chi connectivity index (χ0) is 17.2. The Morgan fingerprint density at radius 2 is 2.19 bits per heavy atom. The molecule has 0 amide bonds. The van der Waals surface area contributed by atoms with E-state index < -0.39 is 5.41 Å². The molecule has 0 spiro atoms. The van der Waals surface area contributed by atoms with Crippen LogP contribution in [0.3, 0.4) is 0 Å². The number of para-hydroxylation sites is 1. The van der Waals surface area contributed by atoms with Crippen molar-refractivity contribution in [2.45, 2.75) is 44.1 Å². The molecule has 140 valence electrons. The first kappa shape index (κ1) is 17.9. The van der Waals surface area contributed by atoms with Gasteiger partial charge in [0.15, 0.2) is 0 Å². The molecular formula is C21H27ClN2O2. The highest BCUT2D eigenvalue weighted by Gasteiger charge is 2.62. The van der Waals surface area contributed by atoms with Crippen LogP contribution in [0, 0.1) is 11.8 Å². The highest BCUT2D eigenvalue weighted by atomic mass is 35.5. The van der Waals surface area contributed by atoms with Crippen molar-refractivity contribution in [3.8, 4) is 0 Å². The van der Waals surface area contributed by atoms with E-state index in [1.54, 1.807) is 7.11 Å². The predicted molar refractivity (Wildman–Crippen MR) is 105 cm³/mol. The molecule has 4 bridgehead atoms. The summed E-state index contributed by atoms with van der Waals surface area (Å²) in [5, 5.41) is 1.28. The summed E-state index contributed by atoms with van der Waals surface area (Å²) in [5.41, 5.74) is 3.11. The average molecular weight is 375 g/mol. The lowest BCUT2D eigenvalue weighted by Gasteiger charge is -2.57. The van der Waals surface area contributed by atoms with Crippen LogP contribution < -0.4 is 0 Å². The number of carbonyl (C=O) groups is 1. The van der Waals surface area contributed by atoms with Crippen molar-refractivity contribution in [1.29, 1.82) is 0 Å². The fourth-order valence-electron chi connectivity index (χ4n) is 6.27. The highest BCUT2D eigenvalue weighted by molar-refractivity contribution is 5.91. The van der Waals surface area contributed by atoms with Gasteiger partial charge in [-0.05, 0) is 42.7 Å². The molecule has 26 heavy (non-hydrogen) atoms. The van der Waals surface area contributed by atoms with E-state index in [-0.39, 0.29) is 24.4 Å². The summed E-state index contributed by atoms with van der Waals surface area (Å²) in [4.78, 5) is 19.5. The summed E-state index contributed by atoms with van der Waals surface area (Å²) < 4.78 is 5.43. The van der Waals surface area contributed by atoms with Gasteiger partial charge in [-0.2, -0.15) is 0 Å². The summed E-state index contributed by atoms with van der Waals surface area (Å²) in [7, 11) is 1.55. The van der Waals surface area contributed by atoms with E-state index in [4.69, 9.17) is 4.74 Å². The Bertz CT molecular complexity index is 848. The molecular weight excluding hydrogens is 348 g/mol. The molecule has 3 fully saturated rings. The Kier molecular flexibility index (Phi) is 4.31. The van der Waals surface area contributed by atoms with E-state index in [9.17, 15) is 4.79 Å². The van der Waals surface area contributed by atoms with Gasteiger partial charge in [-0.1, -0.05) is 31.5 Å². The third-order valence-corrected chi connectivity index (χ3v) is 7.07. The lowest BCUT2D eigenvalue weighted by molar-refractivity contribution is -0.162. The number of carbonyl (C=O) groups excluding carboxylic acids is 1. The van der Waals surface area contributed by atoms with Crippen LogP contribution in [-0.4, -0.2) is 42.1 Å². The van der Waals surface area contributed by atoms with E-state index in [0.717, 1.165) is 43.6 Å². The van der Waals surface area contributed by atoms with Crippen molar-refractivity contribution in [2.75, 3.05) is 20.2 Å². The van der Waals surface area contributed by atoms with Crippen molar-refractivity contribution in [3.05, 3.63) is 35.5 Å². The maximum Gasteiger partial charge on any atom is 0.319 e. The molecule has 3 aliphatic heterocycles. The summed E-state index contributed by atoms with van der Waals surface area (Å²) in [6.45, 7) is 4.46. The maximum absolute atomic E-state index is 13.3. The van der Waals surface area contributed by atoms with Gasteiger partial charge in [0, 0.05) is 35.7 Å². The number of methoxy groups -OCH3 is 1. The third-order valence-electron chi connectivity index (χ3n) is 7.07. The van der Waals surface area contributed by atoms with Crippen LogP contribution in [0.1, 0.15) is 37.4 Å². The number of aromatic nitrogens is 1. The van der Waals surface area contributed by atoms with Crippen LogP contribution in [0.5, 0.6) is 0 Å². The standard InChI is InChI=1S/C21H26N2O2.ClH/c1-3-14-10-13-11-21(20(24)25-2)18-16(8-9-23(12-13)19(14)21)15-6-4-5-7-17(15)22-18;/h4-7,13-14,19,22H,3,8-12H2,1-2H3;1H/t13-,14+,19+,21?;/m1./s1. The van der Waals surface area contributed by atoms with Gasteiger partial charge in [0.1, 0.15) is 5.41 Å². The van der Waals surface area contributed by atoms with Gasteiger partial charge in [0.25, 0.3) is 0 Å². The van der Waals surface area contributed by atoms with Gasteiger partial charge in [0.05, 0.1) is 7.11 Å². The molecule has 4 heterocycles. The maximum atomic E-state index is 13.3. The Morgan fingerprint density at radius 1 is 1.38 bits per heavy atom. The summed E-state index contributed by atoms with van der Waals surface area (Å²) in [5.74, 6) is 1.12. The third kappa shape index (κ3) is 2.15. The topological polar surface area (TPSA) is 45.3 Å². The van der Waals surface area contributed by atoms with Gasteiger partial charge >= 0.3 is 5.97 Å². The number of nitrogens with zero attached hydrogens (tertiary/aromatic N) is 1. The first-order valence-corrected chi connectivity index (χ1v) is 9.61. The quantitative estimate of drug-likeness (QED) is 0.815. The predicted octanol–water partition coefficient (Wildman–Crippen LogP) is 3.68. The number of esters is 1. The van der Waals surface area contributed by atoms with Gasteiger partial charge in [-0.3, -0.25) is 9.69 Å². The molecule has 1 aliphatic carbocycles. The largest absolute Gasteiger partial charge is 0.468 e. The Hall–Kier alpha value is -1.52. The summed E-state index contributed by atoms with van der Waals surface area (Å²) in [6, 6.07) is 8.75. The van der Waals surface area contributed by atoms with Crippen LogP contribution in [0.2, 0.25) is 0 Å². The van der Waals surface area contributed by atoms with Crippen LogP contribution in [0.15, 0.2) is 24.3 Å². The number of rotatable bonds is 2. The zero-order valence-electron chi connectivity index (χ0n) is 15.5. The number of hydrogen-bond donors (Lipinski definition) is 1. The summed E-state index contributed by atoms with van der Waals surface area (Å²) >= 11 is 0. The van der Waals surface area contributed by atoms with Crippen molar-refractivity contribution in [1.82, 2.24) is 9.88 Å². The number of fused-ring (bicyclic) bond motifs is 4. The molecule has 1 aromatic heterocycles. The molecule has 2 saturated heterocycles. The second kappa shape index (κ2) is 6.28. The minimum Gasteiger partial charge on any atom is -0.468 e. The lowest BCUT2D eigenvalue weighted by Crippen LogP contribution is -2.67. The molecule has 1 N–H and O–H groups in total. The lowest BCUT2D eigenvalue weighted by atomic mass is 9.56. The smallest absolute Gasteiger partial charge is 0.319 e. The summed E-state index contributed by atoms with van der Waals surface area (Å²) in [6.07, 6.45) is 4.33. The molecule has 6 rings (SSSR count). The van der Waals surface area contributed by atoms with Gasteiger partial charge in [-0.25, -0.2) is 0 Å². The molecule has 2 aromatic rings. The van der Waals surface area contributed by atoms with Crippen LogP contribution in [-0.2, 0) is 21.4 Å².